The molecule has 0 unspecified atom stereocenters. The third-order valence-electron chi connectivity index (χ3n) is 11.3. The fourth-order valence-electron chi connectivity index (χ4n) is 7.96. The van der Waals surface area contributed by atoms with E-state index >= 15 is 0 Å². The van der Waals surface area contributed by atoms with Gasteiger partial charge >= 0.3 is 11.7 Å². The number of nitrogens with zero attached hydrogens (tertiary/aromatic N) is 5. The number of para-hydroxylation sites is 2. The van der Waals surface area contributed by atoms with Crippen LogP contribution in [0.3, 0.4) is 0 Å². The molecular weight excluding hydrogens is 723 g/mol. The number of rotatable bonds is 6. The first-order chi connectivity index (χ1) is 28.1. The Labute approximate surface area is 347 Å². The minimum atomic E-state index is -0.0468. The van der Waals surface area contributed by atoms with Crippen molar-refractivity contribution in [1.29, 1.82) is 0 Å². The van der Waals surface area contributed by atoms with Gasteiger partial charge in [-0.3, -0.25) is 9.55 Å². The highest BCUT2D eigenvalue weighted by Crippen LogP contribution is 2.45. The lowest BCUT2D eigenvalue weighted by Crippen LogP contribution is -2.17. The highest BCUT2D eigenvalue weighted by molar-refractivity contribution is 6.09. The molecule has 9 rings (SSSR count). The Morgan fingerprint density at radius 1 is 0.508 bits per heavy atom. The summed E-state index contributed by atoms with van der Waals surface area (Å²) in [5.74, 6) is 2.36. The zero-order valence-corrected chi connectivity index (χ0v) is 35.5. The third-order valence-corrected chi connectivity index (χ3v) is 11.3. The van der Waals surface area contributed by atoms with Crippen LogP contribution >= 0.6 is 0 Å². The fraction of sp³-hybridized carbons (Fsp3) is 0.226. The summed E-state index contributed by atoms with van der Waals surface area (Å²) in [7, 11) is 0. The zero-order valence-electron chi connectivity index (χ0n) is 35.5. The first kappa shape index (κ1) is 37.9. The number of hydrogen-bond acceptors (Lipinski definition) is 3. The molecule has 0 N–H and O–H groups in total. The van der Waals surface area contributed by atoms with Gasteiger partial charge < -0.3 is 4.74 Å². The van der Waals surface area contributed by atoms with Gasteiger partial charge in [0.05, 0.1) is 28.4 Å². The molecule has 1 aliphatic rings. The number of ether oxygens (including phenoxy) is 1. The highest BCUT2D eigenvalue weighted by atomic mass is 16.5. The van der Waals surface area contributed by atoms with Gasteiger partial charge in [0.25, 0.3) is 5.69 Å². The Kier molecular flexibility index (Phi) is 9.03. The molecular formula is C53H51N5O+2. The van der Waals surface area contributed by atoms with Crippen molar-refractivity contribution in [2.24, 2.45) is 0 Å². The Bertz CT molecular complexity index is 2970. The SMILES string of the molecule is CC(C)(C)c1cc([N+]2=C=[N+](c3cccc(Oc4ccc5c6ccccc6n(-c6cc(C(C)(C)C)ccn6)c5c4)c3)c3cccc(-c4ccccn4)c32)cc(C(C)(C)C)c1. The van der Waals surface area contributed by atoms with Crippen LogP contribution in [0.5, 0.6) is 11.5 Å². The largest absolute Gasteiger partial charge is 0.503 e. The molecule has 0 bridgehead atoms. The quantitative estimate of drug-likeness (QED) is 0.158. The lowest BCUT2D eigenvalue weighted by molar-refractivity contribution is 0.483. The van der Waals surface area contributed by atoms with Gasteiger partial charge in [0, 0.05) is 53.5 Å². The van der Waals surface area contributed by atoms with Crippen LogP contribution in [0.4, 0.5) is 22.7 Å². The maximum absolute atomic E-state index is 6.74. The highest BCUT2D eigenvalue weighted by Gasteiger charge is 2.40. The van der Waals surface area contributed by atoms with Gasteiger partial charge in [-0.05, 0) is 96.7 Å². The van der Waals surface area contributed by atoms with Gasteiger partial charge in [-0.1, -0.05) is 105 Å². The Hall–Kier alpha value is -6.62. The average molecular weight is 774 g/mol. The van der Waals surface area contributed by atoms with E-state index in [1.807, 2.05) is 36.7 Å². The second-order valence-corrected chi connectivity index (χ2v) is 18.7. The Morgan fingerprint density at radius 2 is 1.20 bits per heavy atom. The molecule has 8 aromatic rings. The molecule has 59 heavy (non-hydrogen) atoms. The van der Waals surface area contributed by atoms with Crippen LogP contribution in [0.2, 0.25) is 0 Å². The summed E-state index contributed by atoms with van der Waals surface area (Å²) >= 11 is 0. The van der Waals surface area contributed by atoms with Crippen LogP contribution in [0, 0.1) is 0 Å². The van der Waals surface area contributed by atoms with Crippen molar-refractivity contribution in [2.75, 3.05) is 0 Å². The first-order valence-electron chi connectivity index (χ1n) is 20.5. The van der Waals surface area contributed by atoms with Crippen molar-refractivity contribution >= 4 is 50.6 Å². The van der Waals surface area contributed by atoms with Crippen LogP contribution in [-0.4, -0.2) is 20.5 Å². The number of hydrogen-bond donors (Lipinski definition) is 0. The second-order valence-electron chi connectivity index (χ2n) is 18.7. The van der Waals surface area contributed by atoms with E-state index in [0.29, 0.717) is 0 Å². The molecule has 6 nitrogen and oxygen atoms in total. The number of fused-ring (bicyclic) bond motifs is 4. The van der Waals surface area contributed by atoms with Crippen LogP contribution in [0.15, 0.2) is 146 Å². The Balaban J connectivity index is 1.18. The number of aromatic nitrogens is 3. The molecule has 1 aliphatic heterocycles. The molecule has 0 saturated heterocycles. The van der Waals surface area contributed by atoms with Gasteiger partial charge in [-0.25, -0.2) is 4.98 Å². The third kappa shape index (κ3) is 7.04. The predicted molar refractivity (Wildman–Crippen MR) is 245 cm³/mol. The second kappa shape index (κ2) is 14.0. The van der Waals surface area contributed by atoms with E-state index < -0.39 is 0 Å². The molecule has 5 aromatic carbocycles. The van der Waals surface area contributed by atoms with E-state index in [4.69, 9.17) is 14.7 Å². The normalized spacial score (nSPS) is 13.1. The number of benzene rings is 5. The van der Waals surface area contributed by atoms with E-state index in [1.54, 1.807) is 0 Å². The minimum Gasteiger partial charge on any atom is -0.457 e. The molecule has 0 fully saturated rings. The first-order valence-corrected chi connectivity index (χ1v) is 20.5. The molecule has 0 saturated carbocycles. The fourth-order valence-corrected chi connectivity index (χ4v) is 7.96. The van der Waals surface area contributed by atoms with Gasteiger partial charge in [-0.2, -0.15) is 0 Å². The predicted octanol–water partition coefficient (Wildman–Crippen LogP) is 13.8. The van der Waals surface area contributed by atoms with Crippen molar-refractivity contribution < 1.29 is 4.74 Å². The van der Waals surface area contributed by atoms with E-state index in [2.05, 4.69) is 191 Å². The molecule has 0 aliphatic carbocycles. The topological polar surface area (TPSA) is 46.0 Å². The van der Waals surface area contributed by atoms with Crippen LogP contribution in [-0.2, 0) is 16.2 Å². The van der Waals surface area contributed by atoms with Crippen LogP contribution in [0.25, 0.3) is 38.9 Å². The molecule has 0 amide bonds. The monoisotopic (exact) mass is 773 g/mol. The van der Waals surface area contributed by atoms with Crippen molar-refractivity contribution in [2.45, 2.75) is 78.6 Å². The summed E-state index contributed by atoms with van der Waals surface area (Å²) in [6.07, 6.45) is 3.77. The van der Waals surface area contributed by atoms with Gasteiger partial charge in [-0.15, -0.1) is 0 Å². The standard InChI is InChI=1S/C53H51N5O/c1-51(2,3)35-25-27-55-49(31-35)58-46-21-11-10-18-42(46)43-24-23-41(33-48(43)58)59-40-17-14-16-38(32-40)56-34-57(39-29-36(52(4,5)6)28-37(30-39)53(7,8)9)50-44(19-15-22-47(50)56)45-20-12-13-26-54-45/h10-33H,1-9H3/q+2. The molecule has 0 atom stereocenters. The lowest BCUT2D eigenvalue weighted by Gasteiger charge is -2.24. The summed E-state index contributed by atoms with van der Waals surface area (Å²) in [6, 6.07) is 50.7. The summed E-state index contributed by atoms with van der Waals surface area (Å²) in [5.41, 5.74) is 11.8. The summed E-state index contributed by atoms with van der Waals surface area (Å²) in [4.78, 5) is 9.68. The van der Waals surface area contributed by atoms with Crippen molar-refractivity contribution in [1.82, 2.24) is 23.7 Å². The van der Waals surface area contributed by atoms with E-state index in [1.165, 1.54) is 22.1 Å². The van der Waals surface area contributed by atoms with Crippen molar-refractivity contribution in [3.8, 4) is 28.6 Å². The molecule has 0 radical (unpaired) electrons. The molecule has 6 heteroatoms. The van der Waals surface area contributed by atoms with Gasteiger partial charge in [0.2, 0.25) is 11.4 Å². The van der Waals surface area contributed by atoms with E-state index in [-0.39, 0.29) is 16.2 Å². The molecule has 0 spiro atoms. The van der Waals surface area contributed by atoms with Gasteiger partial charge in [0.15, 0.2) is 0 Å². The maximum atomic E-state index is 6.74. The molecule has 292 valence electrons. The lowest BCUT2D eigenvalue weighted by atomic mass is 9.80. The van der Waals surface area contributed by atoms with Gasteiger partial charge in [0.1, 0.15) is 17.3 Å². The zero-order chi connectivity index (χ0) is 41.3. The van der Waals surface area contributed by atoms with E-state index in [9.17, 15) is 0 Å². The van der Waals surface area contributed by atoms with Crippen molar-refractivity contribution in [3.05, 3.63) is 163 Å². The van der Waals surface area contributed by atoms with E-state index in [0.717, 1.165) is 67.7 Å². The summed E-state index contributed by atoms with van der Waals surface area (Å²) in [5, 5.41) is 2.33. The minimum absolute atomic E-state index is 0.0106. The number of pyridine rings is 2. The molecule has 3 aromatic heterocycles. The summed E-state index contributed by atoms with van der Waals surface area (Å²) < 4.78 is 13.3. The molecule has 4 heterocycles. The van der Waals surface area contributed by atoms with Crippen molar-refractivity contribution in [3.63, 3.8) is 0 Å². The smallest absolute Gasteiger partial charge is 0.457 e. The van der Waals surface area contributed by atoms with Crippen LogP contribution < -0.4 is 13.9 Å². The summed E-state index contributed by atoms with van der Waals surface area (Å²) in [6.45, 7) is 20.4. The van der Waals surface area contributed by atoms with Crippen LogP contribution in [0.1, 0.15) is 79.0 Å². The Morgan fingerprint density at radius 3 is 1.93 bits per heavy atom. The average Bonchev–Trinajstić information content (AvgIpc) is 3.77. The maximum Gasteiger partial charge on any atom is 0.503 e.